The van der Waals surface area contributed by atoms with E-state index in [1.165, 1.54) is 218 Å². The molecule has 0 aliphatic rings. The van der Waals surface area contributed by atoms with Crippen LogP contribution < -0.4 is 0 Å². The van der Waals surface area contributed by atoms with Gasteiger partial charge < -0.3 is 33.8 Å². The molecule has 3 N–H and O–H groups in total. The maximum absolute atomic E-state index is 13.1. The summed E-state index contributed by atoms with van der Waals surface area (Å²) in [6.45, 7) is 9.42. The highest BCUT2D eigenvalue weighted by molar-refractivity contribution is 7.47. The lowest BCUT2D eigenvalue weighted by atomic mass is 10.0. The minimum absolute atomic E-state index is 0.101. The zero-order chi connectivity index (χ0) is 71.4. The minimum atomic E-state index is -4.96. The predicted molar refractivity (Wildman–Crippen MR) is 395 cm³/mol. The van der Waals surface area contributed by atoms with Gasteiger partial charge in [-0.15, -0.1) is 0 Å². The molecule has 19 heteroatoms. The average Bonchev–Trinajstić information content (AvgIpc) is 1.99. The van der Waals surface area contributed by atoms with Gasteiger partial charge in [0, 0.05) is 25.7 Å². The molecule has 0 aliphatic heterocycles. The zero-order valence-corrected chi connectivity index (χ0v) is 65.2. The Kier molecular flexibility index (Phi) is 68.4. The standard InChI is InChI=1S/C78H152O17P2/c1-7-9-11-13-15-17-19-21-23-25-26-27-28-29-31-33-35-37-39-41-50-56-62-77(82)94-73(66-88-75(80)60-54-48-40-38-36-34-32-30-24-22-20-18-16-14-12-10-8-2)68-92-96(84,85)90-64-72(79)65-91-97(86,87)93-69-74(95-78(83)63-57-51-45-43-47-53-59-71(5)6)67-89-76(81)61-55-49-44-42-46-52-58-70(3)4/h70-74,79H,7-69H2,1-6H3,(H,84,85)(H,86,87)/t72-,73-,74-/m1/s1. The van der Waals surface area contributed by atoms with Crippen molar-refractivity contribution in [2.45, 2.75) is 426 Å². The van der Waals surface area contributed by atoms with E-state index >= 15 is 0 Å². The van der Waals surface area contributed by atoms with Gasteiger partial charge >= 0.3 is 39.5 Å². The molecule has 576 valence electrons. The van der Waals surface area contributed by atoms with Gasteiger partial charge in [-0.1, -0.05) is 356 Å². The molecular weight excluding hydrogens is 1270 g/mol. The van der Waals surface area contributed by atoms with E-state index in [4.69, 9.17) is 37.0 Å². The molecule has 0 spiro atoms. The number of rotatable bonds is 77. The summed E-state index contributed by atoms with van der Waals surface area (Å²) in [5.41, 5.74) is 0. The zero-order valence-electron chi connectivity index (χ0n) is 63.4. The molecule has 0 saturated heterocycles. The summed E-state index contributed by atoms with van der Waals surface area (Å²) in [5.74, 6) is -0.773. The van der Waals surface area contributed by atoms with E-state index in [0.717, 1.165) is 96.3 Å². The number of aliphatic hydroxyl groups is 1. The number of ether oxygens (including phenoxy) is 4. The smallest absolute Gasteiger partial charge is 0.462 e. The van der Waals surface area contributed by atoms with Crippen LogP contribution in [0.4, 0.5) is 0 Å². The summed E-state index contributed by atoms with van der Waals surface area (Å²) in [5, 5.41) is 10.6. The molecule has 97 heavy (non-hydrogen) atoms. The lowest BCUT2D eigenvalue weighted by Gasteiger charge is -2.21. The molecule has 0 aromatic rings. The summed E-state index contributed by atoms with van der Waals surface area (Å²) < 4.78 is 68.5. The maximum Gasteiger partial charge on any atom is 0.472 e. The van der Waals surface area contributed by atoms with Crippen LogP contribution in [0, 0.1) is 11.8 Å². The van der Waals surface area contributed by atoms with E-state index in [9.17, 15) is 43.2 Å². The summed E-state index contributed by atoms with van der Waals surface area (Å²) >= 11 is 0. The van der Waals surface area contributed by atoms with Crippen LogP contribution in [0.25, 0.3) is 0 Å². The van der Waals surface area contributed by atoms with E-state index in [1.54, 1.807) is 0 Å². The Hall–Kier alpha value is -1.94. The van der Waals surface area contributed by atoms with Gasteiger partial charge in [0.2, 0.25) is 0 Å². The van der Waals surface area contributed by atoms with E-state index in [0.29, 0.717) is 37.5 Å². The molecule has 0 fully saturated rings. The van der Waals surface area contributed by atoms with E-state index in [1.807, 2.05) is 0 Å². The first-order valence-electron chi connectivity index (χ1n) is 40.5. The monoisotopic (exact) mass is 1420 g/mol. The number of phosphoric acid groups is 2. The van der Waals surface area contributed by atoms with Crippen LogP contribution in [0.3, 0.4) is 0 Å². The fraction of sp³-hybridized carbons (Fsp3) is 0.949. The van der Waals surface area contributed by atoms with Crippen molar-refractivity contribution < 1.29 is 80.2 Å². The van der Waals surface area contributed by atoms with Gasteiger partial charge in [-0.3, -0.25) is 37.3 Å². The Morgan fingerprint density at radius 3 is 0.701 bits per heavy atom. The van der Waals surface area contributed by atoms with Crippen molar-refractivity contribution in [1.29, 1.82) is 0 Å². The number of carbonyl (C=O) groups is 4. The first-order valence-corrected chi connectivity index (χ1v) is 43.5. The number of aliphatic hydroxyl groups excluding tert-OH is 1. The third-order valence-electron chi connectivity index (χ3n) is 18.2. The highest BCUT2D eigenvalue weighted by Crippen LogP contribution is 2.45. The Morgan fingerprint density at radius 1 is 0.278 bits per heavy atom. The Bertz CT molecular complexity index is 1870. The summed E-state index contributed by atoms with van der Waals surface area (Å²) in [7, 11) is -9.91. The second kappa shape index (κ2) is 69.8. The molecule has 0 aliphatic carbocycles. The van der Waals surface area contributed by atoms with Crippen LogP contribution in [-0.4, -0.2) is 96.7 Å². The minimum Gasteiger partial charge on any atom is -0.462 e. The first kappa shape index (κ1) is 95.1. The Labute approximate surface area is 594 Å². The molecule has 0 aromatic heterocycles. The van der Waals surface area contributed by atoms with Gasteiger partial charge in [0.15, 0.2) is 12.2 Å². The summed E-state index contributed by atoms with van der Waals surface area (Å²) in [6.07, 6.45) is 58.9. The molecule has 0 heterocycles. The van der Waals surface area contributed by atoms with Crippen LogP contribution in [0.2, 0.25) is 0 Å². The summed E-state index contributed by atoms with van der Waals surface area (Å²) in [4.78, 5) is 72.7. The van der Waals surface area contributed by atoms with Gasteiger partial charge in [0.05, 0.1) is 26.4 Å². The van der Waals surface area contributed by atoms with Crippen LogP contribution >= 0.6 is 15.6 Å². The molecule has 0 amide bonds. The predicted octanol–water partition coefficient (Wildman–Crippen LogP) is 23.1. The van der Waals surface area contributed by atoms with Crippen LogP contribution in [0.15, 0.2) is 0 Å². The van der Waals surface area contributed by atoms with Crippen molar-refractivity contribution in [1.82, 2.24) is 0 Å². The number of esters is 4. The number of carbonyl (C=O) groups excluding carboxylic acids is 4. The molecule has 0 bridgehead atoms. The highest BCUT2D eigenvalue weighted by Gasteiger charge is 2.30. The van der Waals surface area contributed by atoms with Gasteiger partial charge in [0.25, 0.3) is 0 Å². The average molecular weight is 1420 g/mol. The van der Waals surface area contributed by atoms with Gasteiger partial charge in [-0.2, -0.15) is 0 Å². The van der Waals surface area contributed by atoms with Crippen LogP contribution in [-0.2, 0) is 65.4 Å². The fourth-order valence-corrected chi connectivity index (χ4v) is 13.6. The Morgan fingerprint density at radius 2 is 0.474 bits per heavy atom. The van der Waals surface area contributed by atoms with E-state index in [-0.39, 0.29) is 25.7 Å². The third-order valence-corrected chi connectivity index (χ3v) is 20.1. The molecule has 2 unspecified atom stereocenters. The van der Waals surface area contributed by atoms with Crippen molar-refractivity contribution in [3.8, 4) is 0 Å². The number of hydrogen-bond acceptors (Lipinski definition) is 15. The topological polar surface area (TPSA) is 237 Å². The normalized spacial score (nSPS) is 14.0. The molecule has 5 atom stereocenters. The number of unbranched alkanes of at least 4 members (excludes halogenated alkanes) is 47. The molecule has 0 aromatic carbocycles. The second-order valence-electron chi connectivity index (χ2n) is 29.1. The number of phosphoric ester groups is 2. The van der Waals surface area contributed by atoms with Crippen molar-refractivity contribution >= 4 is 39.5 Å². The number of hydrogen-bond donors (Lipinski definition) is 3. The van der Waals surface area contributed by atoms with Gasteiger partial charge in [-0.25, -0.2) is 9.13 Å². The molecule has 0 radical (unpaired) electrons. The summed E-state index contributed by atoms with van der Waals surface area (Å²) in [6, 6.07) is 0. The second-order valence-corrected chi connectivity index (χ2v) is 32.0. The fourth-order valence-electron chi connectivity index (χ4n) is 12.0. The lowest BCUT2D eigenvalue weighted by molar-refractivity contribution is -0.161. The SMILES string of the molecule is CCCCCCCCCCCCCCCCCCCCCCCCC(=O)O[C@H](COC(=O)CCCCCCCCCCCCCCCCCCC)COP(=O)(O)OC[C@@H](O)COP(=O)(O)OC[C@@H](COC(=O)CCCCCCCCC(C)C)OC(=O)CCCCCCCCC(C)C. The molecule has 0 saturated carbocycles. The van der Waals surface area contributed by atoms with E-state index in [2.05, 4.69) is 41.5 Å². The molecule has 17 nitrogen and oxygen atoms in total. The van der Waals surface area contributed by atoms with Gasteiger partial charge in [-0.05, 0) is 37.5 Å². The van der Waals surface area contributed by atoms with Crippen molar-refractivity contribution in [3.63, 3.8) is 0 Å². The van der Waals surface area contributed by atoms with Crippen LogP contribution in [0.1, 0.15) is 408 Å². The van der Waals surface area contributed by atoms with Gasteiger partial charge in [0.1, 0.15) is 19.3 Å². The van der Waals surface area contributed by atoms with Crippen molar-refractivity contribution in [3.05, 3.63) is 0 Å². The third kappa shape index (κ3) is 72.2. The van der Waals surface area contributed by atoms with Crippen molar-refractivity contribution in [2.75, 3.05) is 39.6 Å². The van der Waals surface area contributed by atoms with Crippen molar-refractivity contribution in [2.24, 2.45) is 11.8 Å². The van der Waals surface area contributed by atoms with Crippen LogP contribution in [0.5, 0.6) is 0 Å². The van der Waals surface area contributed by atoms with E-state index < -0.39 is 97.5 Å². The largest absolute Gasteiger partial charge is 0.472 e. The highest BCUT2D eigenvalue weighted by atomic mass is 31.2. The first-order chi connectivity index (χ1) is 46.9. The molecular formula is C78H152O17P2. The quantitative estimate of drug-likeness (QED) is 0.0222. The molecule has 0 rings (SSSR count). The maximum atomic E-state index is 13.1. The lowest BCUT2D eigenvalue weighted by Crippen LogP contribution is -2.30. The Balaban J connectivity index is 5.16.